The van der Waals surface area contributed by atoms with Gasteiger partial charge in [-0.05, 0) is 25.5 Å². The molecule has 0 bridgehead atoms. The van der Waals surface area contributed by atoms with Crippen LogP contribution < -0.4 is 9.46 Å². The Kier molecular flexibility index (Phi) is 7.14. The Morgan fingerprint density at radius 2 is 1.81 bits per heavy atom. The molecule has 0 radical (unpaired) electrons. The van der Waals surface area contributed by atoms with Gasteiger partial charge in [0, 0.05) is 38.3 Å². The van der Waals surface area contributed by atoms with Crippen LogP contribution >= 0.6 is 0 Å². The molecule has 2 fully saturated rings. The number of para-hydroxylation sites is 1. The monoisotopic (exact) mass is 395 g/mol. The second kappa shape index (κ2) is 9.37. The normalized spacial score (nSPS) is 21.4. The predicted octanol–water partition coefficient (Wildman–Crippen LogP) is 2.24. The molecular formula is C20H33N3O3S. The van der Waals surface area contributed by atoms with E-state index in [1.807, 2.05) is 18.2 Å². The van der Waals surface area contributed by atoms with Gasteiger partial charge < -0.3 is 9.64 Å². The fraction of sp³-hybridized carbons (Fsp3) is 0.700. The largest absolute Gasteiger partial charge is 0.496 e. The molecule has 0 amide bonds. The van der Waals surface area contributed by atoms with Crippen molar-refractivity contribution in [2.45, 2.75) is 43.9 Å². The van der Waals surface area contributed by atoms with Crippen molar-refractivity contribution in [3.63, 3.8) is 0 Å². The molecule has 1 aliphatic carbocycles. The zero-order valence-corrected chi connectivity index (χ0v) is 17.4. The number of hydrogen-bond acceptors (Lipinski definition) is 5. The van der Waals surface area contributed by atoms with Crippen molar-refractivity contribution in [1.82, 2.24) is 14.5 Å². The number of nitrogens with one attached hydrogen (secondary N) is 1. The third-order valence-corrected chi connectivity index (χ3v) is 7.93. The fourth-order valence-corrected chi connectivity index (χ4v) is 5.86. The Hall–Kier alpha value is -1.15. The molecule has 1 saturated carbocycles. The lowest BCUT2D eigenvalue weighted by molar-refractivity contribution is 0.0993. The fourth-order valence-electron chi connectivity index (χ4n) is 4.28. The summed E-state index contributed by atoms with van der Waals surface area (Å²) in [7, 11) is -1.59. The van der Waals surface area contributed by atoms with Gasteiger partial charge in [0.15, 0.2) is 0 Å². The molecule has 6 nitrogen and oxygen atoms in total. The number of nitrogens with zero attached hydrogens (tertiary/aromatic N) is 2. The van der Waals surface area contributed by atoms with Crippen LogP contribution in [-0.4, -0.2) is 69.8 Å². The minimum absolute atomic E-state index is 0.0173. The maximum absolute atomic E-state index is 12.7. The number of ether oxygens (including phenoxy) is 1. The van der Waals surface area contributed by atoms with E-state index in [1.54, 1.807) is 7.11 Å². The zero-order chi connectivity index (χ0) is 19.3. The molecule has 0 spiro atoms. The molecule has 1 heterocycles. The van der Waals surface area contributed by atoms with E-state index in [0.29, 0.717) is 6.54 Å². The molecule has 1 atom stereocenters. The third-order valence-electron chi connectivity index (χ3n) is 6.01. The Labute approximate surface area is 163 Å². The Morgan fingerprint density at radius 1 is 1.15 bits per heavy atom. The van der Waals surface area contributed by atoms with Crippen LogP contribution in [0.5, 0.6) is 5.75 Å². The molecule has 1 aromatic rings. The highest BCUT2D eigenvalue weighted by Gasteiger charge is 2.32. The topological polar surface area (TPSA) is 61.9 Å². The molecule has 1 unspecified atom stereocenters. The van der Waals surface area contributed by atoms with Crippen LogP contribution in [-0.2, 0) is 10.0 Å². The SMILES string of the molecule is CCN1CCN(C(CNS(=O)(=O)C2CCCC2)c2ccccc2OC)CC1. The van der Waals surface area contributed by atoms with E-state index < -0.39 is 10.0 Å². The highest BCUT2D eigenvalue weighted by Crippen LogP contribution is 2.30. The average molecular weight is 396 g/mol. The van der Waals surface area contributed by atoms with E-state index in [9.17, 15) is 8.42 Å². The number of methoxy groups -OCH3 is 1. The predicted molar refractivity (Wildman–Crippen MR) is 109 cm³/mol. The third kappa shape index (κ3) is 5.02. The molecule has 2 aliphatic rings. The summed E-state index contributed by atoms with van der Waals surface area (Å²) in [6.45, 7) is 7.52. The van der Waals surface area contributed by atoms with Crippen LogP contribution in [0, 0.1) is 0 Å². The summed E-state index contributed by atoms with van der Waals surface area (Å²) in [6.07, 6.45) is 3.59. The molecule has 1 saturated heterocycles. The van der Waals surface area contributed by atoms with Crippen LogP contribution in [0.3, 0.4) is 0 Å². The van der Waals surface area contributed by atoms with Crippen molar-refractivity contribution in [1.29, 1.82) is 0 Å². The second-order valence-electron chi connectivity index (χ2n) is 7.53. The van der Waals surface area contributed by atoms with Gasteiger partial charge in [-0.3, -0.25) is 4.90 Å². The van der Waals surface area contributed by atoms with Crippen molar-refractivity contribution >= 4 is 10.0 Å². The molecule has 27 heavy (non-hydrogen) atoms. The second-order valence-corrected chi connectivity index (χ2v) is 9.57. The van der Waals surface area contributed by atoms with Gasteiger partial charge >= 0.3 is 0 Å². The number of rotatable bonds is 8. The highest BCUT2D eigenvalue weighted by molar-refractivity contribution is 7.90. The van der Waals surface area contributed by atoms with E-state index in [2.05, 4.69) is 27.5 Å². The van der Waals surface area contributed by atoms with E-state index in [4.69, 9.17) is 4.74 Å². The first-order chi connectivity index (χ1) is 13.0. The number of piperazine rings is 1. The minimum Gasteiger partial charge on any atom is -0.496 e. The van der Waals surface area contributed by atoms with Gasteiger partial charge in [0.1, 0.15) is 5.75 Å². The summed E-state index contributed by atoms with van der Waals surface area (Å²) in [5.74, 6) is 0.820. The van der Waals surface area contributed by atoms with Gasteiger partial charge in [-0.25, -0.2) is 13.1 Å². The lowest BCUT2D eigenvalue weighted by Crippen LogP contribution is -2.50. The van der Waals surface area contributed by atoms with Crippen molar-refractivity contribution in [2.24, 2.45) is 0 Å². The van der Waals surface area contributed by atoms with Gasteiger partial charge in [-0.15, -0.1) is 0 Å². The summed E-state index contributed by atoms with van der Waals surface area (Å²) in [4.78, 5) is 4.82. The smallest absolute Gasteiger partial charge is 0.214 e. The standard InChI is InChI=1S/C20H33N3O3S/c1-3-22-12-14-23(15-13-22)19(18-10-6-7-11-20(18)26-2)16-21-27(24,25)17-8-4-5-9-17/h6-7,10-11,17,19,21H,3-5,8-9,12-16H2,1-2H3. The van der Waals surface area contributed by atoms with Crippen molar-refractivity contribution in [2.75, 3.05) is 46.4 Å². The first-order valence-electron chi connectivity index (χ1n) is 10.1. The number of hydrogen-bond donors (Lipinski definition) is 1. The van der Waals surface area contributed by atoms with Gasteiger partial charge in [-0.1, -0.05) is 38.0 Å². The molecular weight excluding hydrogens is 362 g/mol. The Morgan fingerprint density at radius 3 is 2.44 bits per heavy atom. The molecule has 0 aromatic heterocycles. The summed E-state index contributed by atoms with van der Waals surface area (Å²) in [5.41, 5.74) is 1.05. The maximum atomic E-state index is 12.7. The molecule has 1 aliphatic heterocycles. The van der Waals surface area contributed by atoms with E-state index in [-0.39, 0.29) is 11.3 Å². The summed E-state index contributed by atoms with van der Waals surface area (Å²) in [6, 6.07) is 7.95. The highest BCUT2D eigenvalue weighted by atomic mass is 32.2. The number of benzene rings is 1. The minimum atomic E-state index is -3.26. The summed E-state index contributed by atoms with van der Waals surface area (Å²) < 4.78 is 34.0. The van der Waals surface area contributed by atoms with Crippen molar-refractivity contribution in [3.05, 3.63) is 29.8 Å². The molecule has 1 N–H and O–H groups in total. The lowest BCUT2D eigenvalue weighted by Gasteiger charge is -2.39. The Bertz CT molecular complexity index is 696. The van der Waals surface area contributed by atoms with Crippen LogP contribution in [0.4, 0.5) is 0 Å². The van der Waals surface area contributed by atoms with E-state index >= 15 is 0 Å². The van der Waals surface area contributed by atoms with E-state index in [1.165, 1.54) is 0 Å². The van der Waals surface area contributed by atoms with Crippen LogP contribution in [0.1, 0.15) is 44.2 Å². The van der Waals surface area contributed by atoms with Crippen LogP contribution in [0.15, 0.2) is 24.3 Å². The van der Waals surface area contributed by atoms with Gasteiger partial charge in [0.2, 0.25) is 10.0 Å². The Balaban J connectivity index is 1.77. The summed E-state index contributed by atoms with van der Waals surface area (Å²) in [5, 5.41) is -0.229. The first-order valence-corrected chi connectivity index (χ1v) is 11.7. The number of likely N-dealkylation sites (N-methyl/N-ethyl adjacent to an activating group) is 1. The van der Waals surface area contributed by atoms with E-state index in [0.717, 1.165) is 69.7 Å². The quantitative estimate of drug-likeness (QED) is 0.731. The van der Waals surface area contributed by atoms with Gasteiger partial charge in [0.25, 0.3) is 0 Å². The number of sulfonamides is 1. The summed E-state index contributed by atoms with van der Waals surface area (Å²) >= 11 is 0. The first kappa shape index (κ1) is 20.6. The molecule has 7 heteroatoms. The molecule has 1 aromatic carbocycles. The average Bonchev–Trinajstić information content (AvgIpc) is 3.25. The van der Waals surface area contributed by atoms with Gasteiger partial charge in [0.05, 0.1) is 18.4 Å². The lowest BCUT2D eigenvalue weighted by atomic mass is 10.0. The van der Waals surface area contributed by atoms with Crippen LogP contribution in [0.25, 0.3) is 0 Å². The van der Waals surface area contributed by atoms with Gasteiger partial charge in [-0.2, -0.15) is 0 Å². The van der Waals surface area contributed by atoms with Crippen LogP contribution in [0.2, 0.25) is 0 Å². The zero-order valence-electron chi connectivity index (χ0n) is 16.6. The van der Waals surface area contributed by atoms with Crippen molar-refractivity contribution < 1.29 is 13.2 Å². The molecule has 3 rings (SSSR count). The molecule has 152 valence electrons. The van der Waals surface area contributed by atoms with Crippen molar-refractivity contribution in [3.8, 4) is 5.75 Å². The maximum Gasteiger partial charge on any atom is 0.214 e.